The number of amides is 1. The van der Waals surface area contributed by atoms with E-state index in [0.29, 0.717) is 16.9 Å². The van der Waals surface area contributed by atoms with E-state index >= 15 is 0 Å². The molecule has 3 aromatic rings. The van der Waals surface area contributed by atoms with E-state index in [0.717, 1.165) is 16.9 Å². The second-order valence-corrected chi connectivity index (χ2v) is 6.44. The van der Waals surface area contributed by atoms with Gasteiger partial charge in [-0.25, -0.2) is 4.98 Å². The number of benzene rings is 2. The fraction of sp³-hybridized carbons (Fsp3) is 0.136. The highest BCUT2D eigenvalue weighted by Gasteiger charge is 2.09. The Morgan fingerprint density at radius 3 is 2.41 bits per heavy atom. The number of anilines is 3. The third-order valence-electron chi connectivity index (χ3n) is 4.33. The number of aryl methyl sites for hydroxylation is 2. The topological polar surface area (TPSA) is 71.1 Å². The highest BCUT2D eigenvalue weighted by molar-refractivity contribution is 6.04. The highest BCUT2D eigenvalue weighted by atomic mass is 16.1. The van der Waals surface area contributed by atoms with Crippen molar-refractivity contribution in [3.8, 4) is 0 Å². The summed E-state index contributed by atoms with van der Waals surface area (Å²) in [6.07, 6.45) is 1.58. The first-order chi connectivity index (χ1) is 12.9. The van der Waals surface area contributed by atoms with Gasteiger partial charge in [0.15, 0.2) is 5.78 Å². The number of hydrogen-bond acceptors (Lipinski definition) is 4. The molecular formula is C22H21N3O2. The average molecular weight is 359 g/mol. The van der Waals surface area contributed by atoms with E-state index in [1.54, 1.807) is 36.5 Å². The Morgan fingerprint density at radius 2 is 1.67 bits per heavy atom. The van der Waals surface area contributed by atoms with Gasteiger partial charge in [-0.15, -0.1) is 0 Å². The summed E-state index contributed by atoms with van der Waals surface area (Å²) >= 11 is 0. The zero-order chi connectivity index (χ0) is 19.4. The molecule has 0 unspecified atom stereocenters. The highest BCUT2D eigenvalue weighted by Crippen LogP contribution is 2.19. The fourth-order valence-electron chi connectivity index (χ4n) is 2.63. The number of ketones is 1. The van der Waals surface area contributed by atoms with Gasteiger partial charge in [0.05, 0.1) is 0 Å². The van der Waals surface area contributed by atoms with Gasteiger partial charge in [0.25, 0.3) is 5.91 Å². The minimum absolute atomic E-state index is 0.00636. The molecule has 0 atom stereocenters. The second kappa shape index (κ2) is 7.83. The minimum atomic E-state index is -0.207. The molecule has 2 aromatic carbocycles. The standard InChI is InChI=1S/C22H21N3O2/c1-14-7-8-20(11-15(14)2)25-22(27)18-9-10-23-21(13-18)24-19-6-4-5-17(12-19)16(3)26/h4-13H,1-3H3,(H,23,24)(H,25,27). The molecule has 0 aliphatic heterocycles. The molecule has 27 heavy (non-hydrogen) atoms. The molecular weight excluding hydrogens is 338 g/mol. The number of carbonyl (C=O) groups is 2. The molecule has 0 saturated carbocycles. The molecule has 2 N–H and O–H groups in total. The van der Waals surface area contributed by atoms with Crippen LogP contribution in [0.1, 0.15) is 38.8 Å². The lowest BCUT2D eigenvalue weighted by molar-refractivity contribution is 0.101. The molecule has 0 aliphatic carbocycles. The first kappa shape index (κ1) is 18.3. The second-order valence-electron chi connectivity index (χ2n) is 6.44. The van der Waals surface area contributed by atoms with Gasteiger partial charge in [-0.3, -0.25) is 9.59 Å². The molecule has 5 nitrogen and oxygen atoms in total. The number of hydrogen-bond donors (Lipinski definition) is 2. The quantitative estimate of drug-likeness (QED) is 0.636. The molecule has 0 fully saturated rings. The van der Waals surface area contributed by atoms with Crippen LogP contribution in [0.15, 0.2) is 60.8 Å². The fourth-order valence-corrected chi connectivity index (χ4v) is 2.63. The number of pyridine rings is 1. The van der Waals surface area contributed by atoms with Crippen LogP contribution < -0.4 is 10.6 Å². The Balaban J connectivity index is 1.76. The van der Waals surface area contributed by atoms with E-state index in [-0.39, 0.29) is 11.7 Å². The summed E-state index contributed by atoms with van der Waals surface area (Å²) in [6, 6.07) is 16.3. The van der Waals surface area contributed by atoms with Crippen molar-refractivity contribution in [2.24, 2.45) is 0 Å². The maximum absolute atomic E-state index is 12.5. The van der Waals surface area contributed by atoms with Crippen LogP contribution in [0.2, 0.25) is 0 Å². The first-order valence-electron chi connectivity index (χ1n) is 8.65. The van der Waals surface area contributed by atoms with Crippen LogP contribution >= 0.6 is 0 Å². The van der Waals surface area contributed by atoms with Crippen LogP contribution in [0.3, 0.4) is 0 Å². The molecule has 5 heteroatoms. The number of nitrogens with one attached hydrogen (secondary N) is 2. The van der Waals surface area contributed by atoms with E-state index in [4.69, 9.17) is 0 Å². The van der Waals surface area contributed by atoms with Crippen LogP contribution in [-0.4, -0.2) is 16.7 Å². The third kappa shape index (κ3) is 4.58. The molecule has 0 spiro atoms. The monoisotopic (exact) mass is 359 g/mol. The summed E-state index contributed by atoms with van der Waals surface area (Å²) in [5, 5.41) is 6.03. The van der Waals surface area contributed by atoms with Crippen LogP contribution in [0.5, 0.6) is 0 Å². The Labute approximate surface area is 158 Å². The van der Waals surface area contributed by atoms with Crippen molar-refractivity contribution in [1.29, 1.82) is 0 Å². The zero-order valence-electron chi connectivity index (χ0n) is 15.5. The summed E-state index contributed by atoms with van der Waals surface area (Å²) in [5.74, 6) is 0.317. The molecule has 0 saturated heterocycles. The summed E-state index contributed by atoms with van der Waals surface area (Å²) in [6.45, 7) is 5.56. The maximum Gasteiger partial charge on any atom is 0.255 e. The van der Waals surface area contributed by atoms with Gasteiger partial charge in [0.1, 0.15) is 5.82 Å². The number of nitrogens with zero attached hydrogens (tertiary/aromatic N) is 1. The van der Waals surface area contributed by atoms with Crippen LogP contribution in [0, 0.1) is 13.8 Å². The van der Waals surface area contributed by atoms with E-state index in [2.05, 4.69) is 15.6 Å². The van der Waals surface area contributed by atoms with Gasteiger partial charge in [-0.05, 0) is 68.3 Å². The first-order valence-corrected chi connectivity index (χ1v) is 8.65. The Kier molecular flexibility index (Phi) is 5.31. The molecule has 1 amide bonds. The van der Waals surface area contributed by atoms with Gasteiger partial charge < -0.3 is 10.6 Å². The van der Waals surface area contributed by atoms with Crippen molar-refractivity contribution >= 4 is 28.9 Å². The van der Waals surface area contributed by atoms with Crippen molar-refractivity contribution in [3.05, 3.63) is 83.0 Å². The molecule has 0 bridgehead atoms. The lowest BCUT2D eigenvalue weighted by Crippen LogP contribution is -2.12. The van der Waals surface area contributed by atoms with Crippen LogP contribution in [0.25, 0.3) is 0 Å². The van der Waals surface area contributed by atoms with Gasteiger partial charge in [-0.2, -0.15) is 0 Å². The smallest absolute Gasteiger partial charge is 0.255 e. The summed E-state index contributed by atoms with van der Waals surface area (Å²) < 4.78 is 0. The van der Waals surface area contributed by atoms with Crippen LogP contribution in [0.4, 0.5) is 17.2 Å². The normalized spacial score (nSPS) is 10.3. The lowest BCUT2D eigenvalue weighted by Gasteiger charge is -2.10. The zero-order valence-corrected chi connectivity index (χ0v) is 15.5. The van der Waals surface area contributed by atoms with E-state index in [1.807, 2.05) is 38.1 Å². The molecule has 0 aliphatic rings. The van der Waals surface area contributed by atoms with Gasteiger partial charge in [-0.1, -0.05) is 18.2 Å². The number of rotatable bonds is 5. The molecule has 0 radical (unpaired) electrons. The number of carbonyl (C=O) groups excluding carboxylic acids is 2. The molecule has 1 aromatic heterocycles. The summed E-state index contributed by atoms with van der Waals surface area (Å²) in [5.41, 5.74) is 4.90. The predicted molar refractivity (Wildman–Crippen MR) is 108 cm³/mol. The van der Waals surface area contributed by atoms with E-state index < -0.39 is 0 Å². The Bertz CT molecular complexity index is 1010. The van der Waals surface area contributed by atoms with Crippen molar-refractivity contribution < 1.29 is 9.59 Å². The van der Waals surface area contributed by atoms with Gasteiger partial charge in [0.2, 0.25) is 0 Å². The van der Waals surface area contributed by atoms with Gasteiger partial charge >= 0.3 is 0 Å². The number of Topliss-reactive ketones (excluding diaryl/α,β-unsaturated/α-hetero) is 1. The van der Waals surface area contributed by atoms with E-state index in [9.17, 15) is 9.59 Å². The van der Waals surface area contributed by atoms with Crippen molar-refractivity contribution in [1.82, 2.24) is 4.98 Å². The van der Waals surface area contributed by atoms with Crippen molar-refractivity contribution in [3.63, 3.8) is 0 Å². The van der Waals surface area contributed by atoms with Crippen molar-refractivity contribution in [2.75, 3.05) is 10.6 Å². The van der Waals surface area contributed by atoms with Crippen LogP contribution in [-0.2, 0) is 0 Å². The summed E-state index contributed by atoms with van der Waals surface area (Å²) in [7, 11) is 0. The van der Waals surface area contributed by atoms with E-state index in [1.165, 1.54) is 12.5 Å². The predicted octanol–water partition coefficient (Wildman–Crippen LogP) is 4.90. The minimum Gasteiger partial charge on any atom is -0.340 e. The Morgan fingerprint density at radius 1 is 0.852 bits per heavy atom. The number of aromatic nitrogens is 1. The average Bonchev–Trinajstić information content (AvgIpc) is 2.65. The molecule has 136 valence electrons. The third-order valence-corrected chi connectivity index (χ3v) is 4.33. The van der Waals surface area contributed by atoms with Gasteiger partial charge in [0, 0.05) is 28.7 Å². The largest absolute Gasteiger partial charge is 0.340 e. The lowest BCUT2D eigenvalue weighted by atomic mass is 10.1. The summed E-state index contributed by atoms with van der Waals surface area (Å²) in [4.78, 5) is 28.3. The SMILES string of the molecule is CC(=O)c1cccc(Nc2cc(C(=O)Nc3ccc(C)c(C)c3)ccn2)c1. The Hall–Kier alpha value is -3.47. The molecule has 1 heterocycles. The van der Waals surface area contributed by atoms with Crippen molar-refractivity contribution in [2.45, 2.75) is 20.8 Å². The maximum atomic E-state index is 12.5. The molecule has 3 rings (SSSR count).